The standard InChI is InChI=1S/C20H28ClN5O/c1-20(27)11-17(10-14-2-4-15(21)5-3-14)26(13-20)16-6-8-25(9-7-16)19-23-12-18(22)24-19/h2-5,16-17,27H,6-13H2,1H3,(H2,22,23,24)/t17-,20?/m0/s1. The molecule has 1 aromatic rings. The van der Waals surface area contributed by atoms with Crippen molar-refractivity contribution in [3.63, 3.8) is 0 Å². The van der Waals surface area contributed by atoms with Crippen molar-refractivity contribution in [1.29, 1.82) is 0 Å². The number of nitrogens with two attached hydrogens (primary N) is 1. The Bertz CT molecular complexity index is 737. The molecule has 3 heterocycles. The number of piperidine rings is 1. The quantitative estimate of drug-likeness (QED) is 0.827. The summed E-state index contributed by atoms with van der Waals surface area (Å²) in [5, 5.41) is 11.5. The van der Waals surface area contributed by atoms with Crippen molar-refractivity contribution in [3.8, 4) is 0 Å². The van der Waals surface area contributed by atoms with Gasteiger partial charge in [-0.25, -0.2) is 4.99 Å². The van der Waals surface area contributed by atoms with Crippen LogP contribution >= 0.6 is 11.6 Å². The third-order valence-electron chi connectivity index (χ3n) is 5.89. The SMILES string of the molecule is CC1(O)C[C@H](Cc2ccc(Cl)cc2)N(C2CCN(C3=NCC(N)=N3)CC2)C1. The molecule has 0 radical (unpaired) electrons. The van der Waals surface area contributed by atoms with Gasteiger partial charge in [-0.3, -0.25) is 4.90 Å². The Morgan fingerprint density at radius 3 is 2.59 bits per heavy atom. The maximum Gasteiger partial charge on any atom is 0.222 e. The zero-order valence-corrected chi connectivity index (χ0v) is 16.6. The van der Waals surface area contributed by atoms with Crippen LogP contribution in [0, 0.1) is 0 Å². The van der Waals surface area contributed by atoms with Crippen LogP contribution < -0.4 is 5.73 Å². The summed E-state index contributed by atoms with van der Waals surface area (Å²) in [6.07, 6.45) is 3.87. The van der Waals surface area contributed by atoms with E-state index in [1.165, 1.54) is 5.56 Å². The highest BCUT2D eigenvalue weighted by Gasteiger charge is 2.43. The summed E-state index contributed by atoms with van der Waals surface area (Å²) < 4.78 is 0. The van der Waals surface area contributed by atoms with E-state index >= 15 is 0 Å². The third kappa shape index (κ3) is 4.28. The summed E-state index contributed by atoms with van der Waals surface area (Å²) >= 11 is 6.02. The summed E-state index contributed by atoms with van der Waals surface area (Å²) in [5.74, 6) is 1.39. The molecular formula is C20H28ClN5O. The smallest absolute Gasteiger partial charge is 0.222 e. The fraction of sp³-hybridized carbons (Fsp3) is 0.600. The number of rotatable bonds is 3. The van der Waals surface area contributed by atoms with E-state index in [-0.39, 0.29) is 0 Å². The maximum absolute atomic E-state index is 10.7. The number of β-amino-alcohol motifs (C(OH)–C–C–N with tert-alkyl or cyclic N) is 1. The van der Waals surface area contributed by atoms with Crippen molar-refractivity contribution >= 4 is 23.4 Å². The first-order valence-electron chi connectivity index (χ1n) is 9.75. The van der Waals surface area contributed by atoms with Crippen molar-refractivity contribution in [3.05, 3.63) is 34.9 Å². The number of hydrogen-bond acceptors (Lipinski definition) is 6. The largest absolute Gasteiger partial charge is 0.389 e. The van der Waals surface area contributed by atoms with Crippen LogP contribution in [-0.2, 0) is 6.42 Å². The number of amidine groups is 1. The van der Waals surface area contributed by atoms with Crippen molar-refractivity contribution in [2.75, 3.05) is 26.2 Å². The predicted molar refractivity (Wildman–Crippen MR) is 109 cm³/mol. The van der Waals surface area contributed by atoms with Gasteiger partial charge in [0, 0.05) is 36.7 Å². The summed E-state index contributed by atoms with van der Waals surface area (Å²) in [6.45, 7) is 5.09. The molecule has 3 aliphatic heterocycles. The van der Waals surface area contributed by atoms with Crippen LogP contribution in [0.1, 0.15) is 31.7 Å². The monoisotopic (exact) mass is 389 g/mol. The Morgan fingerprint density at radius 2 is 1.96 bits per heavy atom. The highest BCUT2D eigenvalue weighted by atomic mass is 35.5. The van der Waals surface area contributed by atoms with Crippen LogP contribution in [0.2, 0.25) is 5.02 Å². The Hall–Kier alpha value is -1.63. The van der Waals surface area contributed by atoms with Crippen LogP contribution in [0.15, 0.2) is 34.3 Å². The minimum atomic E-state index is -0.623. The molecule has 0 aliphatic carbocycles. The zero-order valence-electron chi connectivity index (χ0n) is 15.8. The molecule has 0 bridgehead atoms. The highest BCUT2D eigenvalue weighted by Crippen LogP contribution is 2.34. The number of aliphatic imine (C=N–C) groups is 2. The van der Waals surface area contributed by atoms with E-state index in [1.54, 1.807) is 0 Å². The number of halogens is 1. The van der Waals surface area contributed by atoms with E-state index in [4.69, 9.17) is 17.3 Å². The molecule has 4 rings (SSSR count). The van der Waals surface area contributed by atoms with Gasteiger partial charge >= 0.3 is 0 Å². The van der Waals surface area contributed by atoms with E-state index < -0.39 is 5.60 Å². The normalized spacial score (nSPS) is 29.9. The average Bonchev–Trinajstić information content (AvgIpc) is 3.20. The first-order chi connectivity index (χ1) is 12.9. The van der Waals surface area contributed by atoms with Crippen molar-refractivity contribution in [2.45, 2.75) is 50.3 Å². The first kappa shape index (κ1) is 18.7. The molecule has 6 nitrogen and oxygen atoms in total. The minimum Gasteiger partial charge on any atom is -0.389 e. The predicted octanol–water partition coefficient (Wildman–Crippen LogP) is 1.90. The molecule has 1 aromatic carbocycles. The Labute approximate surface area is 165 Å². The molecular weight excluding hydrogens is 362 g/mol. The van der Waals surface area contributed by atoms with E-state index in [0.29, 0.717) is 24.5 Å². The van der Waals surface area contributed by atoms with Crippen molar-refractivity contribution < 1.29 is 5.11 Å². The lowest BCUT2D eigenvalue weighted by atomic mass is 9.97. The first-order valence-corrected chi connectivity index (χ1v) is 10.1. The fourth-order valence-electron chi connectivity index (χ4n) is 4.64. The molecule has 2 atom stereocenters. The van der Waals surface area contributed by atoms with Gasteiger partial charge in [0.2, 0.25) is 5.96 Å². The van der Waals surface area contributed by atoms with Crippen LogP contribution in [0.3, 0.4) is 0 Å². The molecule has 3 N–H and O–H groups in total. The van der Waals surface area contributed by atoms with Crippen molar-refractivity contribution in [1.82, 2.24) is 9.80 Å². The number of nitrogens with zero attached hydrogens (tertiary/aromatic N) is 4. The van der Waals surface area contributed by atoms with Gasteiger partial charge in [-0.15, -0.1) is 0 Å². The molecule has 7 heteroatoms. The summed E-state index contributed by atoms with van der Waals surface area (Å²) in [5.41, 5.74) is 6.40. The molecule has 0 aromatic heterocycles. The van der Waals surface area contributed by atoms with Crippen LogP contribution in [0.25, 0.3) is 0 Å². The molecule has 0 spiro atoms. The van der Waals surface area contributed by atoms with Gasteiger partial charge in [0.05, 0.1) is 5.60 Å². The highest BCUT2D eigenvalue weighted by molar-refractivity contribution is 6.30. The average molecular weight is 390 g/mol. The summed E-state index contributed by atoms with van der Waals surface area (Å²) in [7, 11) is 0. The molecule has 1 unspecified atom stereocenters. The molecule has 27 heavy (non-hydrogen) atoms. The lowest BCUT2D eigenvalue weighted by Crippen LogP contribution is -2.49. The van der Waals surface area contributed by atoms with E-state index in [1.807, 2.05) is 19.1 Å². The lowest BCUT2D eigenvalue weighted by molar-refractivity contribution is 0.0544. The van der Waals surface area contributed by atoms with Gasteiger partial charge in [-0.2, -0.15) is 4.99 Å². The van der Waals surface area contributed by atoms with Gasteiger partial charge in [0.15, 0.2) is 0 Å². The summed E-state index contributed by atoms with van der Waals surface area (Å²) in [4.78, 5) is 13.5. The Balaban J connectivity index is 1.41. The third-order valence-corrected chi connectivity index (χ3v) is 6.15. The van der Waals surface area contributed by atoms with E-state index in [2.05, 4.69) is 31.9 Å². The number of benzene rings is 1. The topological polar surface area (TPSA) is 77.5 Å². The van der Waals surface area contributed by atoms with Gasteiger partial charge in [-0.05, 0) is 50.3 Å². The van der Waals surface area contributed by atoms with Gasteiger partial charge in [0.25, 0.3) is 0 Å². The van der Waals surface area contributed by atoms with Crippen LogP contribution in [0.4, 0.5) is 0 Å². The molecule has 0 saturated carbocycles. The number of likely N-dealkylation sites (tertiary alicyclic amines) is 2. The maximum atomic E-state index is 10.7. The molecule has 2 fully saturated rings. The van der Waals surface area contributed by atoms with Gasteiger partial charge in [0.1, 0.15) is 12.4 Å². The van der Waals surface area contributed by atoms with Gasteiger partial charge < -0.3 is 15.7 Å². The second kappa shape index (κ2) is 7.41. The lowest BCUT2D eigenvalue weighted by Gasteiger charge is -2.39. The van der Waals surface area contributed by atoms with Crippen LogP contribution in [0.5, 0.6) is 0 Å². The zero-order chi connectivity index (χ0) is 19.0. The Morgan fingerprint density at radius 1 is 1.26 bits per heavy atom. The second-order valence-corrected chi connectivity index (χ2v) is 8.73. The van der Waals surface area contributed by atoms with Gasteiger partial charge in [-0.1, -0.05) is 23.7 Å². The number of aliphatic hydroxyl groups is 1. The fourth-order valence-corrected chi connectivity index (χ4v) is 4.77. The van der Waals surface area contributed by atoms with E-state index in [9.17, 15) is 5.11 Å². The molecule has 3 aliphatic rings. The van der Waals surface area contributed by atoms with Crippen molar-refractivity contribution in [2.24, 2.45) is 15.7 Å². The minimum absolute atomic E-state index is 0.357. The molecule has 146 valence electrons. The molecule has 0 amide bonds. The Kier molecular flexibility index (Phi) is 5.14. The van der Waals surface area contributed by atoms with Crippen LogP contribution in [-0.4, -0.2) is 70.6 Å². The molecule has 2 saturated heterocycles. The number of hydrogen-bond donors (Lipinski definition) is 2. The summed E-state index contributed by atoms with van der Waals surface area (Å²) in [6, 6.07) is 8.92. The second-order valence-electron chi connectivity index (χ2n) is 8.30. The number of guanidine groups is 1. The van der Waals surface area contributed by atoms with E-state index in [0.717, 1.165) is 56.3 Å².